The number of carbonyl (C=O) groups is 2. The summed E-state index contributed by atoms with van der Waals surface area (Å²) in [6.07, 6.45) is 5.20. The Bertz CT molecular complexity index is 850. The van der Waals surface area contributed by atoms with E-state index in [0.717, 1.165) is 36.1 Å². The number of nitrogens with one attached hydrogen (secondary N) is 2. The SMILES string of the molecule is CCCCCCNC(=O)c1cccc(NC2c3ccccc3C(=O)N2CCC)c1. The van der Waals surface area contributed by atoms with Gasteiger partial charge in [0.05, 0.1) is 0 Å². The minimum Gasteiger partial charge on any atom is -0.361 e. The van der Waals surface area contributed by atoms with Crippen LogP contribution in [-0.2, 0) is 0 Å². The van der Waals surface area contributed by atoms with Crippen LogP contribution in [0.25, 0.3) is 0 Å². The monoisotopic (exact) mass is 393 g/mol. The van der Waals surface area contributed by atoms with Gasteiger partial charge < -0.3 is 15.5 Å². The molecule has 2 N–H and O–H groups in total. The van der Waals surface area contributed by atoms with Crippen molar-refractivity contribution >= 4 is 17.5 Å². The number of carbonyl (C=O) groups excluding carboxylic acids is 2. The van der Waals surface area contributed by atoms with Crippen LogP contribution in [-0.4, -0.2) is 29.8 Å². The Balaban J connectivity index is 1.70. The molecular weight excluding hydrogens is 362 g/mol. The number of unbranched alkanes of at least 4 members (excludes halogenated alkanes) is 3. The van der Waals surface area contributed by atoms with Crippen molar-refractivity contribution in [3.63, 3.8) is 0 Å². The van der Waals surface area contributed by atoms with Crippen LogP contribution in [0.3, 0.4) is 0 Å². The molecule has 1 atom stereocenters. The highest BCUT2D eigenvalue weighted by Gasteiger charge is 2.35. The molecule has 1 aliphatic heterocycles. The van der Waals surface area contributed by atoms with Gasteiger partial charge in [0, 0.05) is 35.5 Å². The largest absolute Gasteiger partial charge is 0.361 e. The normalized spacial score (nSPS) is 15.3. The number of nitrogens with zero attached hydrogens (tertiary/aromatic N) is 1. The first-order valence-corrected chi connectivity index (χ1v) is 10.7. The molecule has 1 unspecified atom stereocenters. The molecule has 0 fully saturated rings. The van der Waals surface area contributed by atoms with Crippen molar-refractivity contribution in [3.8, 4) is 0 Å². The molecule has 154 valence electrons. The number of rotatable bonds is 10. The van der Waals surface area contributed by atoms with Crippen molar-refractivity contribution in [1.29, 1.82) is 0 Å². The number of benzene rings is 2. The lowest BCUT2D eigenvalue weighted by Crippen LogP contribution is -2.33. The Morgan fingerprint density at radius 3 is 2.62 bits per heavy atom. The molecule has 0 radical (unpaired) electrons. The van der Waals surface area contributed by atoms with E-state index in [1.807, 2.05) is 53.4 Å². The van der Waals surface area contributed by atoms with Crippen molar-refractivity contribution in [3.05, 3.63) is 65.2 Å². The van der Waals surface area contributed by atoms with Crippen LogP contribution < -0.4 is 10.6 Å². The number of amides is 2. The molecule has 2 aromatic rings. The van der Waals surface area contributed by atoms with E-state index >= 15 is 0 Å². The van der Waals surface area contributed by atoms with Crippen molar-refractivity contribution in [2.24, 2.45) is 0 Å². The van der Waals surface area contributed by atoms with Gasteiger partial charge in [-0.1, -0.05) is 57.4 Å². The zero-order chi connectivity index (χ0) is 20.6. The van der Waals surface area contributed by atoms with Crippen molar-refractivity contribution < 1.29 is 9.59 Å². The molecule has 0 bridgehead atoms. The van der Waals surface area contributed by atoms with E-state index in [4.69, 9.17) is 0 Å². The molecule has 0 aromatic heterocycles. The molecule has 0 saturated heterocycles. The maximum Gasteiger partial charge on any atom is 0.256 e. The molecule has 5 heteroatoms. The Labute approximate surface area is 173 Å². The van der Waals surface area contributed by atoms with Crippen molar-refractivity contribution in [1.82, 2.24) is 10.2 Å². The average molecular weight is 394 g/mol. The maximum absolute atomic E-state index is 12.8. The van der Waals surface area contributed by atoms with E-state index in [2.05, 4.69) is 24.5 Å². The first-order valence-electron chi connectivity index (χ1n) is 10.7. The molecule has 5 nitrogen and oxygen atoms in total. The molecular formula is C24H31N3O2. The minimum atomic E-state index is -0.217. The highest BCUT2D eigenvalue weighted by atomic mass is 16.2. The van der Waals surface area contributed by atoms with Gasteiger partial charge in [0.1, 0.15) is 6.17 Å². The molecule has 0 saturated carbocycles. The van der Waals surface area contributed by atoms with Crippen LogP contribution in [0.15, 0.2) is 48.5 Å². The number of hydrogen-bond donors (Lipinski definition) is 2. The van der Waals surface area contributed by atoms with E-state index in [1.54, 1.807) is 0 Å². The lowest BCUT2D eigenvalue weighted by atomic mass is 10.1. The second-order valence-electron chi connectivity index (χ2n) is 7.53. The Kier molecular flexibility index (Phi) is 7.28. The van der Waals surface area contributed by atoms with E-state index in [-0.39, 0.29) is 18.0 Å². The fourth-order valence-corrected chi connectivity index (χ4v) is 3.76. The highest BCUT2D eigenvalue weighted by Crippen LogP contribution is 2.34. The average Bonchev–Trinajstić information content (AvgIpc) is 3.00. The van der Waals surface area contributed by atoms with Gasteiger partial charge in [-0.2, -0.15) is 0 Å². The summed E-state index contributed by atoms with van der Waals surface area (Å²) < 4.78 is 0. The quantitative estimate of drug-likeness (QED) is 0.560. The Morgan fingerprint density at radius 1 is 1.00 bits per heavy atom. The summed E-state index contributed by atoms with van der Waals surface area (Å²) in [6, 6.07) is 15.2. The number of anilines is 1. The van der Waals surface area contributed by atoms with Crippen molar-refractivity contribution in [2.75, 3.05) is 18.4 Å². The second-order valence-corrected chi connectivity index (χ2v) is 7.53. The second kappa shape index (κ2) is 10.1. The smallest absolute Gasteiger partial charge is 0.256 e. The summed E-state index contributed by atoms with van der Waals surface area (Å²) in [5, 5.41) is 6.47. The number of fused-ring (bicyclic) bond motifs is 1. The van der Waals surface area contributed by atoms with Gasteiger partial charge in [0.25, 0.3) is 11.8 Å². The van der Waals surface area contributed by atoms with Crippen LogP contribution in [0.5, 0.6) is 0 Å². The molecule has 2 amide bonds. The van der Waals surface area contributed by atoms with Gasteiger partial charge >= 0.3 is 0 Å². The lowest BCUT2D eigenvalue weighted by molar-refractivity contribution is 0.0742. The van der Waals surface area contributed by atoms with Crippen LogP contribution in [0, 0.1) is 0 Å². The predicted octanol–water partition coefficient (Wildman–Crippen LogP) is 4.97. The summed E-state index contributed by atoms with van der Waals surface area (Å²) in [5.41, 5.74) is 3.19. The summed E-state index contributed by atoms with van der Waals surface area (Å²) in [6.45, 7) is 5.63. The predicted molar refractivity (Wildman–Crippen MR) is 117 cm³/mol. The third kappa shape index (κ3) is 4.97. The van der Waals surface area contributed by atoms with E-state index in [9.17, 15) is 9.59 Å². The van der Waals surface area contributed by atoms with Crippen LogP contribution >= 0.6 is 0 Å². The van der Waals surface area contributed by atoms with Gasteiger partial charge in [-0.05, 0) is 37.1 Å². The first-order chi connectivity index (χ1) is 14.2. The molecule has 2 aromatic carbocycles. The van der Waals surface area contributed by atoms with Gasteiger partial charge in [-0.3, -0.25) is 9.59 Å². The maximum atomic E-state index is 12.8. The van der Waals surface area contributed by atoms with E-state index in [0.29, 0.717) is 18.7 Å². The Hall–Kier alpha value is -2.82. The van der Waals surface area contributed by atoms with E-state index in [1.165, 1.54) is 12.8 Å². The zero-order valence-corrected chi connectivity index (χ0v) is 17.4. The van der Waals surface area contributed by atoms with Crippen LogP contribution in [0.1, 0.15) is 78.4 Å². The van der Waals surface area contributed by atoms with Gasteiger partial charge in [-0.25, -0.2) is 0 Å². The fraction of sp³-hybridized carbons (Fsp3) is 0.417. The molecule has 1 aliphatic rings. The molecule has 0 aliphatic carbocycles. The standard InChI is InChI=1S/C24H31N3O2/c1-3-5-6-9-15-25-23(28)18-11-10-12-19(17-18)26-22-20-13-7-8-14-21(20)24(29)27(22)16-4-2/h7-8,10-14,17,22,26H,3-6,9,15-16H2,1-2H3,(H,25,28). The minimum absolute atomic E-state index is 0.0564. The molecule has 1 heterocycles. The molecule has 0 spiro atoms. The van der Waals surface area contributed by atoms with Gasteiger partial charge in [0.2, 0.25) is 0 Å². The molecule has 3 rings (SSSR count). The van der Waals surface area contributed by atoms with Gasteiger partial charge in [-0.15, -0.1) is 0 Å². The summed E-state index contributed by atoms with van der Waals surface area (Å²) in [4.78, 5) is 27.1. The third-order valence-electron chi connectivity index (χ3n) is 5.27. The highest BCUT2D eigenvalue weighted by molar-refractivity contribution is 5.99. The summed E-state index contributed by atoms with van der Waals surface area (Å²) in [7, 11) is 0. The van der Waals surface area contributed by atoms with Crippen LogP contribution in [0.4, 0.5) is 5.69 Å². The first kappa shape index (κ1) is 20.9. The van der Waals surface area contributed by atoms with Crippen LogP contribution in [0.2, 0.25) is 0 Å². The summed E-state index contributed by atoms with van der Waals surface area (Å²) in [5.74, 6) is -0.000567. The van der Waals surface area contributed by atoms with Gasteiger partial charge in [0.15, 0.2) is 0 Å². The topological polar surface area (TPSA) is 61.4 Å². The molecule has 29 heavy (non-hydrogen) atoms. The number of hydrogen-bond acceptors (Lipinski definition) is 3. The lowest BCUT2D eigenvalue weighted by Gasteiger charge is -2.27. The van der Waals surface area contributed by atoms with Crippen molar-refractivity contribution in [2.45, 2.75) is 52.1 Å². The fourth-order valence-electron chi connectivity index (χ4n) is 3.76. The summed E-state index contributed by atoms with van der Waals surface area (Å²) >= 11 is 0. The zero-order valence-electron chi connectivity index (χ0n) is 17.4. The third-order valence-corrected chi connectivity index (χ3v) is 5.27. The Morgan fingerprint density at radius 2 is 1.83 bits per heavy atom. The van der Waals surface area contributed by atoms with E-state index < -0.39 is 0 Å².